The van der Waals surface area contributed by atoms with Crippen LogP contribution in [-0.4, -0.2) is 53.0 Å². The Morgan fingerprint density at radius 3 is 2.91 bits per heavy atom. The molecule has 0 saturated carbocycles. The summed E-state index contributed by atoms with van der Waals surface area (Å²) in [5.74, 6) is 1.06. The molecule has 0 aliphatic rings. The molecule has 174 valence electrons. The summed E-state index contributed by atoms with van der Waals surface area (Å²) in [6, 6.07) is 7.54. The van der Waals surface area contributed by atoms with Gasteiger partial charge in [-0.2, -0.15) is 4.98 Å². The van der Waals surface area contributed by atoms with Crippen molar-refractivity contribution in [2.24, 2.45) is 7.05 Å². The van der Waals surface area contributed by atoms with Crippen molar-refractivity contribution in [2.45, 2.75) is 32.5 Å². The number of nitrogens with one attached hydrogen (secondary N) is 2. The highest BCUT2D eigenvalue weighted by molar-refractivity contribution is 5.74. The first-order chi connectivity index (χ1) is 15.9. The molecule has 1 atom stereocenters. The van der Waals surface area contributed by atoms with E-state index in [0.717, 1.165) is 18.5 Å². The van der Waals surface area contributed by atoms with Crippen LogP contribution in [0.1, 0.15) is 12.0 Å². The number of anilines is 1. The molecular formula is C22H27N7O4. The number of imidazole rings is 2. The van der Waals surface area contributed by atoms with Crippen LogP contribution in [0.4, 0.5) is 5.95 Å². The van der Waals surface area contributed by atoms with Crippen LogP contribution in [-0.2, 0) is 20.1 Å². The molecule has 3 N–H and O–H groups in total. The number of hydrogen-bond acceptors (Lipinski definition) is 7. The minimum absolute atomic E-state index is 0.0346. The van der Waals surface area contributed by atoms with E-state index in [1.54, 1.807) is 17.1 Å². The lowest BCUT2D eigenvalue weighted by molar-refractivity contribution is 0.0938. The lowest BCUT2D eigenvalue weighted by Gasteiger charge is -2.16. The van der Waals surface area contributed by atoms with E-state index < -0.39 is 17.4 Å². The van der Waals surface area contributed by atoms with E-state index in [0.29, 0.717) is 18.2 Å². The SMILES string of the molecule is Cc1cccc(OC[C@H](O)Cn2c(NCCCn3ccnc3)nc3c2c(=O)[nH]c(=O)n3C)c1. The zero-order valence-corrected chi connectivity index (χ0v) is 18.6. The van der Waals surface area contributed by atoms with Crippen molar-refractivity contribution in [3.8, 4) is 5.75 Å². The molecule has 11 nitrogen and oxygen atoms in total. The Morgan fingerprint density at radius 2 is 2.15 bits per heavy atom. The summed E-state index contributed by atoms with van der Waals surface area (Å²) in [6.07, 6.45) is 5.23. The second kappa shape index (κ2) is 9.74. The van der Waals surface area contributed by atoms with Gasteiger partial charge >= 0.3 is 5.69 Å². The number of aliphatic hydroxyl groups is 1. The maximum absolute atomic E-state index is 12.6. The Bertz CT molecular complexity index is 1340. The molecule has 0 fully saturated rings. The lowest BCUT2D eigenvalue weighted by atomic mass is 10.2. The van der Waals surface area contributed by atoms with E-state index in [4.69, 9.17) is 4.74 Å². The van der Waals surface area contributed by atoms with Crippen molar-refractivity contribution < 1.29 is 9.84 Å². The molecule has 0 unspecified atom stereocenters. The Balaban J connectivity index is 1.53. The van der Waals surface area contributed by atoms with Gasteiger partial charge in [0.1, 0.15) is 18.5 Å². The van der Waals surface area contributed by atoms with E-state index in [9.17, 15) is 14.7 Å². The minimum atomic E-state index is -0.911. The summed E-state index contributed by atoms with van der Waals surface area (Å²) in [6.45, 7) is 3.39. The molecule has 0 radical (unpaired) electrons. The van der Waals surface area contributed by atoms with Crippen LogP contribution in [0.5, 0.6) is 5.75 Å². The van der Waals surface area contributed by atoms with Crippen molar-refractivity contribution in [2.75, 3.05) is 18.5 Å². The second-order valence-electron chi connectivity index (χ2n) is 7.90. The molecule has 33 heavy (non-hydrogen) atoms. The van der Waals surface area contributed by atoms with Gasteiger partial charge in [-0.1, -0.05) is 12.1 Å². The van der Waals surface area contributed by atoms with Crippen molar-refractivity contribution in [3.05, 3.63) is 69.4 Å². The van der Waals surface area contributed by atoms with Crippen LogP contribution in [0.2, 0.25) is 0 Å². The number of nitrogens with zero attached hydrogens (tertiary/aromatic N) is 5. The van der Waals surface area contributed by atoms with Gasteiger partial charge in [-0.15, -0.1) is 0 Å². The minimum Gasteiger partial charge on any atom is -0.491 e. The van der Waals surface area contributed by atoms with Gasteiger partial charge in [0.05, 0.1) is 12.9 Å². The molecule has 4 aromatic rings. The predicted octanol–water partition coefficient (Wildman–Crippen LogP) is 0.870. The van der Waals surface area contributed by atoms with Crippen molar-refractivity contribution in [1.29, 1.82) is 0 Å². The number of fused-ring (bicyclic) bond motifs is 1. The standard InChI is InChI=1S/C22H27N7O4/c1-15-5-3-6-17(11-15)33-13-16(30)12-29-18-19(27(2)22(32)26-20(18)31)25-21(29)24-7-4-9-28-10-8-23-14-28/h3,5-6,8,10-11,14,16,30H,4,7,9,12-13H2,1-2H3,(H,24,25)(H,26,31,32)/t16-/m1/s1. The monoisotopic (exact) mass is 453 g/mol. The van der Waals surface area contributed by atoms with Crippen LogP contribution in [0, 0.1) is 6.92 Å². The average Bonchev–Trinajstić information content (AvgIpc) is 3.42. The molecule has 0 amide bonds. The van der Waals surface area contributed by atoms with Gasteiger partial charge in [0, 0.05) is 32.5 Å². The third-order valence-corrected chi connectivity index (χ3v) is 5.27. The number of aromatic nitrogens is 6. The first-order valence-electron chi connectivity index (χ1n) is 10.7. The summed E-state index contributed by atoms with van der Waals surface area (Å²) in [5, 5.41) is 13.9. The van der Waals surface area contributed by atoms with Gasteiger partial charge in [-0.05, 0) is 31.0 Å². The highest BCUT2D eigenvalue weighted by atomic mass is 16.5. The molecule has 0 bridgehead atoms. The van der Waals surface area contributed by atoms with Crippen molar-refractivity contribution in [3.63, 3.8) is 0 Å². The smallest absolute Gasteiger partial charge is 0.329 e. The number of benzene rings is 1. The van der Waals surface area contributed by atoms with Crippen LogP contribution >= 0.6 is 0 Å². The number of aromatic amines is 1. The Morgan fingerprint density at radius 1 is 1.30 bits per heavy atom. The number of aliphatic hydroxyl groups excluding tert-OH is 1. The Kier molecular flexibility index (Phi) is 6.59. The molecule has 0 saturated heterocycles. The molecule has 11 heteroatoms. The average molecular weight is 454 g/mol. The third-order valence-electron chi connectivity index (χ3n) is 5.27. The number of aryl methyl sites for hydroxylation is 3. The number of rotatable bonds is 10. The molecule has 1 aromatic carbocycles. The van der Waals surface area contributed by atoms with E-state index in [-0.39, 0.29) is 24.3 Å². The van der Waals surface area contributed by atoms with Gasteiger partial charge in [-0.25, -0.2) is 9.78 Å². The van der Waals surface area contributed by atoms with Gasteiger partial charge in [-0.3, -0.25) is 14.3 Å². The van der Waals surface area contributed by atoms with E-state index in [1.165, 1.54) is 11.6 Å². The number of hydrogen-bond donors (Lipinski definition) is 3. The topological polar surface area (TPSA) is 132 Å². The highest BCUT2D eigenvalue weighted by Gasteiger charge is 2.19. The molecule has 4 rings (SSSR count). The summed E-state index contributed by atoms with van der Waals surface area (Å²) >= 11 is 0. The second-order valence-corrected chi connectivity index (χ2v) is 7.90. The molecule has 0 aliphatic carbocycles. The third kappa shape index (κ3) is 5.14. The van der Waals surface area contributed by atoms with E-state index >= 15 is 0 Å². The maximum atomic E-state index is 12.6. The molecule has 0 spiro atoms. The first kappa shape index (κ1) is 22.3. The normalized spacial score (nSPS) is 12.2. The van der Waals surface area contributed by atoms with Gasteiger partial charge in [0.2, 0.25) is 5.95 Å². The number of H-pyrrole nitrogens is 1. The van der Waals surface area contributed by atoms with Crippen LogP contribution in [0.3, 0.4) is 0 Å². The molecule has 3 aromatic heterocycles. The van der Waals surface area contributed by atoms with Crippen molar-refractivity contribution >= 4 is 17.1 Å². The summed E-state index contributed by atoms with van der Waals surface area (Å²) in [4.78, 5) is 35.4. The fourth-order valence-electron chi connectivity index (χ4n) is 3.59. The largest absolute Gasteiger partial charge is 0.491 e. The van der Waals surface area contributed by atoms with Gasteiger partial charge in [0.25, 0.3) is 5.56 Å². The fraction of sp³-hybridized carbons (Fsp3) is 0.364. The molecular weight excluding hydrogens is 426 g/mol. The molecule has 0 aliphatic heterocycles. The van der Waals surface area contributed by atoms with Crippen LogP contribution in [0.15, 0.2) is 52.6 Å². The number of ether oxygens (including phenoxy) is 1. The summed E-state index contributed by atoms with van der Waals surface area (Å²) in [7, 11) is 1.54. The van der Waals surface area contributed by atoms with Gasteiger partial charge in [0.15, 0.2) is 11.2 Å². The van der Waals surface area contributed by atoms with Crippen LogP contribution in [0.25, 0.3) is 11.2 Å². The van der Waals surface area contributed by atoms with E-state index in [1.807, 2.05) is 42.0 Å². The van der Waals surface area contributed by atoms with Crippen molar-refractivity contribution in [1.82, 2.24) is 28.7 Å². The van der Waals surface area contributed by atoms with E-state index in [2.05, 4.69) is 20.3 Å². The Hall–Kier alpha value is -3.86. The lowest BCUT2D eigenvalue weighted by Crippen LogP contribution is -2.31. The maximum Gasteiger partial charge on any atom is 0.329 e. The van der Waals surface area contributed by atoms with Crippen LogP contribution < -0.4 is 21.3 Å². The zero-order chi connectivity index (χ0) is 23.4. The summed E-state index contributed by atoms with van der Waals surface area (Å²) < 4.78 is 10.5. The van der Waals surface area contributed by atoms with Gasteiger partial charge < -0.3 is 24.3 Å². The fourth-order valence-corrected chi connectivity index (χ4v) is 3.59. The molecule has 3 heterocycles. The summed E-state index contributed by atoms with van der Waals surface area (Å²) in [5.41, 5.74) is 0.403. The highest BCUT2D eigenvalue weighted by Crippen LogP contribution is 2.17. The first-order valence-corrected chi connectivity index (χ1v) is 10.7. The Labute approximate surface area is 189 Å². The zero-order valence-electron chi connectivity index (χ0n) is 18.6. The quantitative estimate of drug-likeness (QED) is 0.304. The predicted molar refractivity (Wildman–Crippen MR) is 124 cm³/mol.